The van der Waals surface area contributed by atoms with Gasteiger partial charge in [-0.3, -0.25) is 0 Å². The summed E-state index contributed by atoms with van der Waals surface area (Å²) in [4.78, 5) is 11.6. The Hall–Kier alpha value is -1.24. The van der Waals surface area contributed by atoms with Crippen molar-refractivity contribution in [2.45, 2.75) is 45.1 Å². The Kier molecular flexibility index (Phi) is 3.62. The maximum absolute atomic E-state index is 5.94. The molecule has 0 spiro atoms. The monoisotopic (exact) mass is 292 g/mol. The van der Waals surface area contributed by atoms with Crippen LogP contribution in [0.25, 0.3) is 10.2 Å². The van der Waals surface area contributed by atoms with Crippen molar-refractivity contribution < 1.29 is 4.74 Å². The van der Waals surface area contributed by atoms with Gasteiger partial charge in [0.15, 0.2) is 11.6 Å². The zero-order valence-corrected chi connectivity index (χ0v) is 12.7. The van der Waals surface area contributed by atoms with Crippen LogP contribution in [0.3, 0.4) is 0 Å². The third-order valence-corrected chi connectivity index (χ3v) is 5.04. The van der Waals surface area contributed by atoms with Crippen molar-refractivity contribution in [3.05, 3.63) is 16.8 Å². The molecule has 108 valence electrons. The summed E-state index contributed by atoms with van der Waals surface area (Å²) < 4.78 is 5.94. The number of rotatable bonds is 3. The van der Waals surface area contributed by atoms with Crippen LogP contribution in [0, 0.1) is 0 Å². The van der Waals surface area contributed by atoms with Crippen molar-refractivity contribution in [1.29, 1.82) is 0 Å². The molecule has 20 heavy (non-hydrogen) atoms. The predicted octanol–water partition coefficient (Wildman–Crippen LogP) is 2.96. The first-order chi connectivity index (χ1) is 9.66. The number of hydrazine groups is 1. The molecule has 2 aromatic heterocycles. The first kappa shape index (κ1) is 13.7. The van der Waals surface area contributed by atoms with Gasteiger partial charge in [-0.1, -0.05) is 6.92 Å². The Bertz CT molecular complexity index is 619. The van der Waals surface area contributed by atoms with Crippen molar-refractivity contribution in [1.82, 2.24) is 9.97 Å². The molecule has 1 aliphatic heterocycles. The maximum atomic E-state index is 5.94. The van der Waals surface area contributed by atoms with E-state index < -0.39 is 5.60 Å². The minimum atomic E-state index is -0.394. The Labute approximate surface area is 122 Å². The van der Waals surface area contributed by atoms with Gasteiger partial charge < -0.3 is 10.2 Å². The number of nitrogen functional groups attached to an aromatic ring is 1. The fraction of sp³-hybridized carbons (Fsp3) is 0.571. The highest BCUT2D eigenvalue weighted by Crippen LogP contribution is 2.36. The zero-order valence-electron chi connectivity index (χ0n) is 11.9. The lowest BCUT2D eigenvalue weighted by molar-refractivity contribution is -0.0757. The molecular formula is C14H20N4OS. The van der Waals surface area contributed by atoms with Gasteiger partial charge in [-0.15, -0.1) is 11.3 Å². The summed E-state index contributed by atoms with van der Waals surface area (Å²) in [7, 11) is 0. The summed E-state index contributed by atoms with van der Waals surface area (Å²) >= 11 is 1.70. The molecule has 1 saturated heterocycles. The summed E-state index contributed by atoms with van der Waals surface area (Å²) in [5.74, 6) is 7.06. The van der Waals surface area contributed by atoms with Crippen LogP contribution in [0.1, 0.15) is 43.8 Å². The molecule has 3 N–H and O–H groups in total. The SMILES string of the molecule is CCc1cc2c(NN)nc(C3(C)CCCCO3)nc2s1. The van der Waals surface area contributed by atoms with E-state index in [0.29, 0.717) is 5.82 Å². The molecule has 1 fully saturated rings. The second kappa shape index (κ2) is 5.27. The number of nitrogens with zero attached hydrogens (tertiary/aromatic N) is 2. The van der Waals surface area contributed by atoms with Gasteiger partial charge in [0.2, 0.25) is 0 Å². The van der Waals surface area contributed by atoms with Gasteiger partial charge >= 0.3 is 0 Å². The number of hydrogen-bond donors (Lipinski definition) is 2. The highest BCUT2D eigenvalue weighted by Gasteiger charge is 2.34. The number of nitrogens with two attached hydrogens (primary N) is 1. The molecule has 0 bridgehead atoms. The Morgan fingerprint density at radius 1 is 1.45 bits per heavy atom. The first-order valence-electron chi connectivity index (χ1n) is 7.08. The predicted molar refractivity (Wildman–Crippen MR) is 81.8 cm³/mol. The Morgan fingerprint density at radius 3 is 2.95 bits per heavy atom. The number of fused-ring (bicyclic) bond motifs is 1. The van der Waals surface area contributed by atoms with Crippen LogP contribution in [0.4, 0.5) is 5.82 Å². The molecule has 3 heterocycles. The Balaban J connectivity index is 2.11. The van der Waals surface area contributed by atoms with Crippen molar-refractivity contribution >= 4 is 27.4 Å². The van der Waals surface area contributed by atoms with Crippen LogP contribution < -0.4 is 11.3 Å². The molecule has 0 aliphatic carbocycles. The molecule has 5 nitrogen and oxygen atoms in total. The van der Waals surface area contributed by atoms with Crippen molar-refractivity contribution in [3.8, 4) is 0 Å². The second-order valence-corrected chi connectivity index (χ2v) is 6.48. The Morgan fingerprint density at radius 2 is 2.30 bits per heavy atom. The molecule has 0 aromatic carbocycles. The van der Waals surface area contributed by atoms with Crippen LogP contribution in [0.15, 0.2) is 6.07 Å². The molecule has 6 heteroatoms. The molecule has 3 rings (SSSR count). The number of anilines is 1. The molecule has 2 aromatic rings. The van der Waals surface area contributed by atoms with E-state index in [0.717, 1.165) is 48.3 Å². The fourth-order valence-electron chi connectivity index (χ4n) is 2.60. The van der Waals surface area contributed by atoms with Gasteiger partial charge in [0, 0.05) is 11.5 Å². The lowest BCUT2D eigenvalue weighted by Gasteiger charge is -2.32. The average molecular weight is 292 g/mol. The highest BCUT2D eigenvalue weighted by atomic mass is 32.1. The lowest BCUT2D eigenvalue weighted by Crippen LogP contribution is -2.32. The summed E-state index contributed by atoms with van der Waals surface area (Å²) in [6.07, 6.45) is 4.20. The molecule has 0 saturated carbocycles. The van der Waals surface area contributed by atoms with E-state index in [-0.39, 0.29) is 0 Å². The largest absolute Gasteiger partial charge is 0.367 e. The van der Waals surface area contributed by atoms with E-state index in [9.17, 15) is 0 Å². The zero-order chi connectivity index (χ0) is 14.2. The lowest BCUT2D eigenvalue weighted by atomic mass is 9.95. The first-order valence-corrected chi connectivity index (χ1v) is 7.89. The molecule has 0 amide bonds. The molecular weight excluding hydrogens is 272 g/mol. The normalized spacial score (nSPS) is 23.1. The van der Waals surface area contributed by atoms with E-state index in [1.165, 1.54) is 4.88 Å². The highest BCUT2D eigenvalue weighted by molar-refractivity contribution is 7.18. The van der Waals surface area contributed by atoms with Gasteiger partial charge in [-0.2, -0.15) is 0 Å². The molecule has 1 unspecified atom stereocenters. The fourth-order valence-corrected chi connectivity index (χ4v) is 3.57. The molecule has 0 radical (unpaired) electrons. The van der Waals surface area contributed by atoms with Crippen LogP contribution >= 0.6 is 11.3 Å². The average Bonchev–Trinajstić information content (AvgIpc) is 2.90. The van der Waals surface area contributed by atoms with E-state index in [2.05, 4.69) is 30.3 Å². The standard InChI is InChI=1S/C14H20N4OS/c1-3-9-8-10-11(18-15)16-13(17-12(10)20-9)14(2)6-4-5-7-19-14/h8H,3-7,15H2,1-2H3,(H,16,17,18). The second-order valence-electron chi connectivity index (χ2n) is 5.36. The minimum absolute atomic E-state index is 0.394. The maximum Gasteiger partial charge on any atom is 0.164 e. The van der Waals surface area contributed by atoms with Crippen molar-refractivity contribution in [2.75, 3.05) is 12.0 Å². The third-order valence-electron chi connectivity index (χ3n) is 3.87. The van der Waals surface area contributed by atoms with Crippen LogP contribution in [0.5, 0.6) is 0 Å². The number of ether oxygens (including phenoxy) is 1. The number of thiophene rings is 1. The summed E-state index contributed by atoms with van der Waals surface area (Å²) in [5, 5.41) is 0.998. The summed E-state index contributed by atoms with van der Waals surface area (Å²) in [6, 6.07) is 2.11. The summed E-state index contributed by atoms with van der Waals surface area (Å²) in [6.45, 7) is 4.98. The van der Waals surface area contributed by atoms with Gasteiger partial charge in [0.05, 0.1) is 5.39 Å². The van der Waals surface area contributed by atoms with Crippen molar-refractivity contribution in [3.63, 3.8) is 0 Å². The quantitative estimate of drug-likeness (QED) is 0.672. The minimum Gasteiger partial charge on any atom is -0.367 e. The van der Waals surface area contributed by atoms with Crippen LogP contribution in [-0.4, -0.2) is 16.6 Å². The van der Waals surface area contributed by atoms with Gasteiger partial charge in [0.25, 0.3) is 0 Å². The van der Waals surface area contributed by atoms with Gasteiger partial charge in [0.1, 0.15) is 10.4 Å². The number of nitrogens with one attached hydrogen (secondary N) is 1. The van der Waals surface area contributed by atoms with E-state index in [4.69, 9.17) is 15.6 Å². The third kappa shape index (κ3) is 2.28. The summed E-state index contributed by atoms with van der Waals surface area (Å²) in [5.41, 5.74) is 2.31. The smallest absolute Gasteiger partial charge is 0.164 e. The van der Waals surface area contributed by atoms with E-state index in [1.807, 2.05) is 0 Å². The number of aromatic nitrogens is 2. The molecule has 1 aliphatic rings. The van der Waals surface area contributed by atoms with Crippen LogP contribution in [0.2, 0.25) is 0 Å². The van der Waals surface area contributed by atoms with Gasteiger partial charge in [-0.05, 0) is 38.7 Å². The van der Waals surface area contributed by atoms with Crippen LogP contribution in [-0.2, 0) is 16.8 Å². The van der Waals surface area contributed by atoms with E-state index in [1.54, 1.807) is 11.3 Å². The van der Waals surface area contributed by atoms with E-state index >= 15 is 0 Å². The number of aryl methyl sites for hydroxylation is 1. The number of hydrogen-bond acceptors (Lipinski definition) is 6. The van der Waals surface area contributed by atoms with Crippen molar-refractivity contribution in [2.24, 2.45) is 5.84 Å². The molecule has 1 atom stereocenters. The van der Waals surface area contributed by atoms with Gasteiger partial charge in [-0.25, -0.2) is 15.8 Å². The topological polar surface area (TPSA) is 73.1 Å².